The topological polar surface area (TPSA) is 70.7 Å². The predicted octanol–water partition coefficient (Wildman–Crippen LogP) is 2.73. The number of nitrogens with one attached hydrogen (secondary N) is 2. The standard InChI is InChI=1S/C26H33N3O3/c1-29-16-23(21-5-3-4-19(14-21)15-28-25(30)20-8-9-20)24(17-29)26(31)27-13-12-18-6-10-22(32-2)11-7-18/h3-7,10-11,14,20,23-24H,8-9,12-13,15-17H2,1-2H3,(H,27,31)(H,28,30)/t23-,24-/m0/s1. The van der Waals surface area contributed by atoms with E-state index >= 15 is 0 Å². The lowest BCUT2D eigenvalue weighted by atomic mass is 9.87. The van der Waals surface area contributed by atoms with Gasteiger partial charge < -0.3 is 20.3 Å². The van der Waals surface area contributed by atoms with E-state index in [1.807, 2.05) is 36.4 Å². The number of rotatable bonds is 9. The summed E-state index contributed by atoms with van der Waals surface area (Å²) in [7, 11) is 3.72. The molecule has 0 radical (unpaired) electrons. The zero-order valence-corrected chi connectivity index (χ0v) is 19.0. The minimum atomic E-state index is -0.0767. The van der Waals surface area contributed by atoms with E-state index in [0.717, 1.165) is 43.7 Å². The predicted molar refractivity (Wildman–Crippen MR) is 124 cm³/mol. The summed E-state index contributed by atoms with van der Waals surface area (Å²) in [6.07, 6.45) is 2.81. The number of methoxy groups -OCH3 is 1. The molecule has 2 aromatic rings. The van der Waals surface area contributed by atoms with E-state index in [1.54, 1.807) is 7.11 Å². The van der Waals surface area contributed by atoms with Crippen LogP contribution >= 0.6 is 0 Å². The van der Waals surface area contributed by atoms with Crippen molar-refractivity contribution in [1.29, 1.82) is 0 Å². The van der Waals surface area contributed by atoms with Gasteiger partial charge in [0.2, 0.25) is 11.8 Å². The summed E-state index contributed by atoms with van der Waals surface area (Å²) in [4.78, 5) is 27.2. The Morgan fingerprint density at radius 1 is 1.00 bits per heavy atom. The molecular weight excluding hydrogens is 402 g/mol. The summed E-state index contributed by atoms with van der Waals surface area (Å²) in [6.45, 7) is 2.77. The van der Waals surface area contributed by atoms with Crippen LogP contribution in [0, 0.1) is 11.8 Å². The fourth-order valence-corrected chi connectivity index (χ4v) is 4.47. The van der Waals surface area contributed by atoms with Crippen molar-refractivity contribution >= 4 is 11.8 Å². The Bertz CT molecular complexity index is 940. The maximum Gasteiger partial charge on any atom is 0.225 e. The molecule has 4 rings (SSSR count). The van der Waals surface area contributed by atoms with Crippen LogP contribution in [0.15, 0.2) is 48.5 Å². The first-order valence-electron chi connectivity index (χ1n) is 11.5. The Morgan fingerprint density at radius 3 is 2.50 bits per heavy atom. The molecule has 2 aliphatic rings. The van der Waals surface area contributed by atoms with Crippen LogP contribution in [0.4, 0.5) is 0 Å². The first-order chi connectivity index (χ1) is 15.5. The van der Waals surface area contributed by atoms with Crippen LogP contribution in [0.5, 0.6) is 5.75 Å². The zero-order chi connectivity index (χ0) is 22.5. The average molecular weight is 436 g/mol. The van der Waals surface area contributed by atoms with Crippen molar-refractivity contribution in [3.05, 3.63) is 65.2 Å². The van der Waals surface area contributed by atoms with Gasteiger partial charge in [0.25, 0.3) is 0 Å². The van der Waals surface area contributed by atoms with Crippen molar-refractivity contribution in [2.24, 2.45) is 11.8 Å². The lowest BCUT2D eigenvalue weighted by Crippen LogP contribution is -2.35. The summed E-state index contributed by atoms with van der Waals surface area (Å²) in [5.41, 5.74) is 3.43. The van der Waals surface area contributed by atoms with Gasteiger partial charge in [0.1, 0.15) is 5.75 Å². The molecule has 2 fully saturated rings. The number of carbonyl (C=O) groups excluding carboxylic acids is 2. The molecule has 2 N–H and O–H groups in total. The van der Waals surface area contributed by atoms with Crippen molar-refractivity contribution in [1.82, 2.24) is 15.5 Å². The summed E-state index contributed by atoms with van der Waals surface area (Å²) in [5, 5.41) is 6.18. The van der Waals surface area contributed by atoms with Crippen molar-refractivity contribution in [2.45, 2.75) is 31.7 Å². The largest absolute Gasteiger partial charge is 0.497 e. The number of ether oxygens (including phenoxy) is 1. The van der Waals surface area contributed by atoms with Gasteiger partial charge in [0, 0.05) is 38.0 Å². The van der Waals surface area contributed by atoms with E-state index in [1.165, 1.54) is 11.1 Å². The minimum absolute atomic E-state index is 0.0767. The minimum Gasteiger partial charge on any atom is -0.497 e. The molecule has 1 saturated carbocycles. The molecule has 1 saturated heterocycles. The third kappa shape index (κ3) is 5.68. The Kier molecular flexibility index (Phi) is 7.10. The number of likely N-dealkylation sites (tertiary alicyclic amines) is 1. The lowest BCUT2D eigenvalue weighted by Gasteiger charge is -2.19. The van der Waals surface area contributed by atoms with Crippen LogP contribution in [0.3, 0.4) is 0 Å². The van der Waals surface area contributed by atoms with Gasteiger partial charge in [0.15, 0.2) is 0 Å². The summed E-state index contributed by atoms with van der Waals surface area (Å²) in [5.74, 6) is 1.40. The number of benzene rings is 2. The molecule has 6 heteroatoms. The molecular formula is C26H33N3O3. The van der Waals surface area contributed by atoms with Gasteiger partial charge in [-0.2, -0.15) is 0 Å². The second-order valence-electron chi connectivity index (χ2n) is 9.06. The van der Waals surface area contributed by atoms with Crippen LogP contribution in [0.25, 0.3) is 0 Å². The molecule has 32 heavy (non-hydrogen) atoms. The highest BCUT2D eigenvalue weighted by atomic mass is 16.5. The fraction of sp³-hybridized carbons (Fsp3) is 0.462. The van der Waals surface area contributed by atoms with Crippen LogP contribution in [0.1, 0.15) is 35.4 Å². The Morgan fingerprint density at radius 2 is 1.78 bits per heavy atom. The highest BCUT2D eigenvalue weighted by molar-refractivity contribution is 5.81. The van der Waals surface area contributed by atoms with E-state index in [0.29, 0.717) is 13.1 Å². The van der Waals surface area contributed by atoms with Gasteiger partial charge in [-0.15, -0.1) is 0 Å². The number of nitrogens with zero attached hydrogens (tertiary/aromatic N) is 1. The third-order valence-electron chi connectivity index (χ3n) is 6.51. The van der Waals surface area contributed by atoms with E-state index in [-0.39, 0.29) is 29.6 Å². The van der Waals surface area contributed by atoms with E-state index in [2.05, 4.69) is 34.7 Å². The SMILES string of the molecule is COc1ccc(CCNC(=O)[C@H]2CN(C)C[C@H]2c2cccc(CNC(=O)C3CC3)c2)cc1. The van der Waals surface area contributed by atoms with E-state index < -0.39 is 0 Å². The van der Waals surface area contributed by atoms with Crippen LogP contribution in [0.2, 0.25) is 0 Å². The molecule has 6 nitrogen and oxygen atoms in total. The molecule has 170 valence electrons. The zero-order valence-electron chi connectivity index (χ0n) is 19.0. The first-order valence-corrected chi connectivity index (χ1v) is 11.5. The van der Waals surface area contributed by atoms with Crippen LogP contribution in [-0.2, 0) is 22.6 Å². The van der Waals surface area contributed by atoms with Crippen molar-refractivity contribution in [3.63, 3.8) is 0 Å². The number of carbonyl (C=O) groups is 2. The normalized spacial score (nSPS) is 20.7. The van der Waals surface area contributed by atoms with Crippen molar-refractivity contribution in [3.8, 4) is 5.75 Å². The summed E-state index contributed by atoms with van der Waals surface area (Å²) < 4.78 is 5.20. The van der Waals surface area contributed by atoms with Gasteiger partial charge in [-0.3, -0.25) is 9.59 Å². The molecule has 1 aliphatic carbocycles. The van der Waals surface area contributed by atoms with Gasteiger partial charge in [-0.1, -0.05) is 36.4 Å². The van der Waals surface area contributed by atoms with Crippen LogP contribution < -0.4 is 15.4 Å². The van der Waals surface area contributed by atoms with Gasteiger partial charge >= 0.3 is 0 Å². The van der Waals surface area contributed by atoms with Gasteiger partial charge in [-0.25, -0.2) is 0 Å². The Balaban J connectivity index is 1.34. The van der Waals surface area contributed by atoms with Crippen molar-refractivity contribution < 1.29 is 14.3 Å². The molecule has 1 heterocycles. The van der Waals surface area contributed by atoms with E-state index in [4.69, 9.17) is 4.74 Å². The number of likely N-dealkylation sites (N-methyl/N-ethyl adjacent to an activating group) is 1. The lowest BCUT2D eigenvalue weighted by molar-refractivity contribution is -0.125. The molecule has 2 atom stereocenters. The van der Waals surface area contributed by atoms with E-state index in [9.17, 15) is 9.59 Å². The highest BCUT2D eigenvalue weighted by Gasteiger charge is 2.37. The molecule has 0 aromatic heterocycles. The quantitative estimate of drug-likeness (QED) is 0.635. The number of hydrogen-bond acceptors (Lipinski definition) is 4. The highest BCUT2D eigenvalue weighted by Crippen LogP contribution is 2.33. The summed E-state index contributed by atoms with van der Waals surface area (Å²) in [6, 6.07) is 16.3. The smallest absolute Gasteiger partial charge is 0.225 e. The molecule has 2 amide bonds. The molecule has 0 unspecified atom stereocenters. The Hall–Kier alpha value is -2.86. The van der Waals surface area contributed by atoms with Gasteiger partial charge in [0.05, 0.1) is 13.0 Å². The fourth-order valence-electron chi connectivity index (χ4n) is 4.47. The maximum absolute atomic E-state index is 13.0. The third-order valence-corrected chi connectivity index (χ3v) is 6.51. The monoisotopic (exact) mass is 435 g/mol. The molecule has 2 aromatic carbocycles. The summed E-state index contributed by atoms with van der Waals surface area (Å²) >= 11 is 0. The molecule has 0 spiro atoms. The molecule has 1 aliphatic heterocycles. The second kappa shape index (κ2) is 10.2. The average Bonchev–Trinajstić information content (AvgIpc) is 3.59. The first kappa shape index (κ1) is 22.3. The number of hydrogen-bond donors (Lipinski definition) is 2. The Labute approximate surface area is 190 Å². The van der Waals surface area contributed by atoms with Crippen molar-refractivity contribution in [2.75, 3.05) is 33.8 Å². The molecule has 0 bridgehead atoms. The second-order valence-corrected chi connectivity index (χ2v) is 9.06. The number of amides is 2. The van der Waals surface area contributed by atoms with Gasteiger partial charge in [-0.05, 0) is 55.1 Å². The maximum atomic E-state index is 13.0. The van der Waals surface area contributed by atoms with Crippen LogP contribution in [-0.4, -0.2) is 50.5 Å².